The van der Waals surface area contributed by atoms with Crippen molar-refractivity contribution >= 4 is 21.9 Å². The Morgan fingerprint density at radius 3 is 2.49 bits per heavy atom. The van der Waals surface area contributed by atoms with E-state index in [4.69, 9.17) is 4.74 Å². The van der Waals surface area contributed by atoms with E-state index in [2.05, 4.69) is 42.3 Å². The molecule has 7 nitrogen and oxygen atoms in total. The molecule has 4 aliphatic carbocycles. The topological polar surface area (TPSA) is 88.6 Å². The molecule has 2 heterocycles. The van der Waals surface area contributed by atoms with Crippen molar-refractivity contribution in [2.24, 2.45) is 52.3 Å². The number of carbonyl (C=O) groups excluding carboxylic acids is 1. The Hall–Kier alpha value is -1.83. The molecular weight excluding hydrogens is 558 g/mol. The Labute approximate surface area is 260 Å². The van der Waals surface area contributed by atoms with Crippen molar-refractivity contribution in [2.45, 2.75) is 116 Å². The van der Waals surface area contributed by atoms with Crippen molar-refractivity contribution in [3.63, 3.8) is 0 Å². The van der Waals surface area contributed by atoms with Crippen LogP contribution in [0.4, 0.5) is 10.6 Å². The van der Waals surface area contributed by atoms with Crippen molar-refractivity contribution in [1.82, 2.24) is 9.71 Å². The Balaban J connectivity index is 1.06. The second kappa shape index (κ2) is 12.2. The van der Waals surface area contributed by atoms with Crippen molar-refractivity contribution < 1.29 is 17.9 Å². The molecule has 240 valence electrons. The molecule has 1 aliphatic heterocycles. The number of hydrogen-bond donors (Lipinski definition) is 1. The molecule has 0 bridgehead atoms. The van der Waals surface area contributed by atoms with Crippen LogP contribution in [0.25, 0.3) is 0 Å². The molecule has 5 aliphatic rings. The van der Waals surface area contributed by atoms with Gasteiger partial charge < -0.3 is 9.64 Å². The zero-order chi connectivity index (χ0) is 30.4. The van der Waals surface area contributed by atoms with E-state index in [1.54, 1.807) is 6.07 Å². The SMILES string of the molecule is CC[C@H]1C[C@@H]2[C@H](CC[C@]3(C)C([C@H](C)COC(=O)NS(=O)(=O)c4ccc(N5CCCCC5)nc4)CC[C@@H]23)[C@@]2(C)CCCC[C@@H]12. The maximum absolute atomic E-state index is 12.9. The molecule has 43 heavy (non-hydrogen) atoms. The van der Waals surface area contributed by atoms with Crippen LogP contribution >= 0.6 is 0 Å². The van der Waals surface area contributed by atoms with E-state index in [0.717, 1.165) is 61.3 Å². The van der Waals surface area contributed by atoms with Gasteiger partial charge in [-0.15, -0.1) is 0 Å². The van der Waals surface area contributed by atoms with Crippen LogP contribution < -0.4 is 9.62 Å². The van der Waals surface area contributed by atoms with Crippen molar-refractivity contribution in [1.29, 1.82) is 0 Å². The predicted molar refractivity (Wildman–Crippen MR) is 170 cm³/mol. The smallest absolute Gasteiger partial charge is 0.421 e. The van der Waals surface area contributed by atoms with Gasteiger partial charge in [-0.05, 0) is 129 Å². The van der Waals surface area contributed by atoms with Gasteiger partial charge in [-0.1, -0.05) is 47.0 Å². The maximum Gasteiger partial charge on any atom is 0.421 e. The number of aromatic nitrogens is 1. The zero-order valence-corrected chi connectivity index (χ0v) is 27.8. The normalized spacial score (nSPS) is 38.4. The predicted octanol–water partition coefficient (Wildman–Crippen LogP) is 7.81. The highest BCUT2D eigenvalue weighted by Crippen LogP contribution is 2.69. The summed E-state index contributed by atoms with van der Waals surface area (Å²) in [5, 5.41) is 0. The van der Waals surface area contributed by atoms with Gasteiger partial charge in [-0.25, -0.2) is 22.9 Å². The summed E-state index contributed by atoms with van der Waals surface area (Å²) in [6.45, 7) is 11.9. The van der Waals surface area contributed by atoms with Gasteiger partial charge in [0.25, 0.3) is 10.0 Å². The minimum atomic E-state index is -4.05. The average Bonchev–Trinajstić information content (AvgIpc) is 3.37. The standard InChI is InChI=1S/C35H55N3O4S/c1-5-25-21-27-30-14-13-28(35(30,4)18-16-31(27)34(3)17-8-7-11-29(25)34)24(2)23-42-33(39)37-43(40,41)26-12-15-32(36-22-26)38-19-9-6-10-20-38/h12,15,22,24-25,27-31H,5-11,13-14,16-21,23H2,1-4H3,(H,37,39)/t24-,25+,27+,28?,29+,30+,31+,34+,35-/m1/s1. The van der Waals surface area contributed by atoms with Crippen LogP contribution in [-0.2, 0) is 14.8 Å². The van der Waals surface area contributed by atoms with Gasteiger partial charge in [0.2, 0.25) is 0 Å². The maximum atomic E-state index is 12.9. The summed E-state index contributed by atoms with van der Waals surface area (Å²) in [4.78, 5) is 19.2. The highest BCUT2D eigenvalue weighted by Gasteiger charge is 2.61. The third-order valence-electron chi connectivity index (χ3n) is 13.4. The number of fused-ring (bicyclic) bond motifs is 5. The molecule has 1 N–H and O–H groups in total. The Kier molecular flexibility index (Phi) is 8.82. The highest BCUT2D eigenvalue weighted by molar-refractivity contribution is 7.90. The Bertz CT molecular complexity index is 1250. The highest BCUT2D eigenvalue weighted by atomic mass is 32.2. The van der Waals surface area contributed by atoms with E-state index in [1.165, 1.54) is 82.9 Å². The van der Waals surface area contributed by atoms with Crippen LogP contribution in [0.1, 0.15) is 111 Å². The molecular formula is C35H55N3O4S. The molecule has 4 saturated carbocycles. The van der Waals surface area contributed by atoms with Gasteiger partial charge in [-0.3, -0.25) is 0 Å². The largest absolute Gasteiger partial charge is 0.449 e. The third kappa shape index (κ3) is 5.72. The van der Waals surface area contributed by atoms with Gasteiger partial charge in [0.05, 0.1) is 6.61 Å². The molecule has 5 fully saturated rings. The lowest BCUT2D eigenvalue weighted by atomic mass is 9.42. The lowest BCUT2D eigenvalue weighted by Crippen LogP contribution is -2.55. The van der Waals surface area contributed by atoms with E-state index in [1.807, 2.05) is 0 Å². The molecule has 1 saturated heterocycles. The number of nitrogens with zero attached hydrogens (tertiary/aromatic N) is 2. The number of hydrogen-bond acceptors (Lipinski definition) is 6. The van der Waals surface area contributed by atoms with Gasteiger partial charge in [-0.2, -0.15) is 0 Å². The van der Waals surface area contributed by atoms with Gasteiger partial charge >= 0.3 is 6.09 Å². The molecule has 6 rings (SSSR count). The molecule has 1 aromatic rings. The zero-order valence-electron chi connectivity index (χ0n) is 27.0. The second-order valence-electron chi connectivity index (χ2n) is 15.4. The summed E-state index contributed by atoms with van der Waals surface area (Å²) in [5.74, 6) is 5.68. The molecule has 1 amide bonds. The minimum absolute atomic E-state index is 0.0204. The lowest BCUT2D eigenvalue weighted by Gasteiger charge is -2.63. The van der Waals surface area contributed by atoms with Crippen LogP contribution in [0.5, 0.6) is 0 Å². The van der Waals surface area contributed by atoms with Crippen molar-refractivity contribution in [2.75, 3.05) is 24.6 Å². The van der Waals surface area contributed by atoms with E-state index in [-0.39, 0.29) is 22.8 Å². The first-order valence-electron chi connectivity index (χ1n) is 17.5. The molecule has 8 heteroatoms. The fraction of sp³-hybridized carbons (Fsp3) is 0.829. The quantitative estimate of drug-likeness (QED) is 0.337. The number of ether oxygens (including phenoxy) is 1. The van der Waals surface area contributed by atoms with Gasteiger partial charge in [0.1, 0.15) is 10.7 Å². The molecule has 0 aromatic carbocycles. The van der Waals surface area contributed by atoms with Crippen LogP contribution in [0.3, 0.4) is 0 Å². The molecule has 1 unspecified atom stereocenters. The lowest BCUT2D eigenvalue weighted by molar-refractivity contribution is -0.138. The number of nitrogens with one attached hydrogen (secondary N) is 1. The number of sulfonamides is 1. The van der Waals surface area contributed by atoms with E-state index in [9.17, 15) is 13.2 Å². The molecule has 0 radical (unpaired) electrons. The van der Waals surface area contributed by atoms with Crippen molar-refractivity contribution in [3.8, 4) is 0 Å². The van der Waals surface area contributed by atoms with E-state index in [0.29, 0.717) is 11.3 Å². The average molecular weight is 614 g/mol. The summed E-state index contributed by atoms with van der Waals surface area (Å²) in [5.41, 5.74) is 0.785. The van der Waals surface area contributed by atoms with Gasteiger partial charge in [0.15, 0.2) is 0 Å². The number of anilines is 1. The van der Waals surface area contributed by atoms with Crippen LogP contribution in [0.2, 0.25) is 0 Å². The number of piperidine rings is 1. The molecule has 0 spiro atoms. The number of rotatable bonds is 7. The summed E-state index contributed by atoms with van der Waals surface area (Å²) >= 11 is 0. The van der Waals surface area contributed by atoms with Crippen LogP contribution in [0.15, 0.2) is 23.2 Å². The first-order chi connectivity index (χ1) is 20.6. The molecule has 9 atom stereocenters. The first-order valence-corrected chi connectivity index (χ1v) is 19.0. The van der Waals surface area contributed by atoms with E-state index < -0.39 is 16.1 Å². The minimum Gasteiger partial charge on any atom is -0.449 e. The first kappa shape index (κ1) is 31.2. The monoisotopic (exact) mass is 613 g/mol. The second-order valence-corrected chi connectivity index (χ2v) is 17.1. The fourth-order valence-electron chi connectivity index (χ4n) is 11.4. The van der Waals surface area contributed by atoms with E-state index >= 15 is 0 Å². The Morgan fingerprint density at radius 2 is 1.77 bits per heavy atom. The number of amides is 1. The van der Waals surface area contributed by atoms with Crippen LogP contribution in [0, 0.1) is 52.3 Å². The summed E-state index contributed by atoms with van der Waals surface area (Å²) in [6.07, 6.45) is 17.4. The number of carbonyl (C=O) groups is 1. The van der Waals surface area contributed by atoms with Crippen molar-refractivity contribution in [3.05, 3.63) is 18.3 Å². The van der Waals surface area contributed by atoms with Crippen LogP contribution in [-0.4, -0.2) is 39.2 Å². The van der Waals surface area contributed by atoms with Gasteiger partial charge in [0, 0.05) is 19.3 Å². The third-order valence-corrected chi connectivity index (χ3v) is 14.7. The number of pyridine rings is 1. The summed E-state index contributed by atoms with van der Waals surface area (Å²) in [7, 11) is -4.05. The molecule has 1 aromatic heterocycles. The fourth-order valence-corrected chi connectivity index (χ4v) is 12.2. The Morgan fingerprint density at radius 1 is 1.00 bits per heavy atom. The summed E-state index contributed by atoms with van der Waals surface area (Å²) in [6, 6.07) is 3.25. The summed E-state index contributed by atoms with van der Waals surface area (Å²) < 4.78 is 33.5.